The molecule has 0 saturated heterocycles. The van der Waals surface area contributed by atoms with E-state index in [-0.39, 0.29) is 16.3 Å². The lowest BCUT2D eigenvalue weighted by molar-refractivity contribution is -0.123. The highest BCUT2D eigenvalue weighted by Gasteiger charge is 2.29. The molecule has 1 saturated carbocycles. The Labute approximate surface area is 210 Å². The van der Waals surface area contributed by atoms with Gasteiger partial charge in [-0.3, -0.25) is 18.7 Å². The Morgan fingerprint density at radius 3 is 2.22 bits per heavy atom. The molecule has 1 heterocycles. The number of sulfonamides is 1. The third-order valence-electron chi connectivity index (χ3n) is 6.87. The Morgan fingerprint density at radius 1 is 0.917 bits per heavy atom. The van der Waals surface area contributed by atoms with Gasteiger partial charge in [0.15, 0.2) is 0 Å². The fourth-order valence-corrected chi connectivity index (χ4v) is 5.98. The monoisotopic (exact) mass is 512 g/mol. The quantitative estimate of drug-likeness (QED) is 0.526. The van der Waals surface area contributed by atoms with Gasteiger partial charge in [0, 0.05) is 20.1 Å². The normalized spacial score (nSPS) is 16.3. The molecular formula is C26H32N4O5S. The number of aryl methyl sites for hydroxylation is 1. The van der Waals surface area contributed by atoms with Crippen LogP contribution in [-0.2, 0) is 28.9 Å². The van der Waals surface area contributed by atoms with Crippen LogP contribution in [-0.4, -0.2) is 29.5 Å². The van der Waals surface area contributed by atoms with E-state index in [1.165, 1.54) is 43.3 Å². The van der Waals surface area contributed by atoms with Crippen LogP contribution in [0.25, 0.3) is 10.9 Å². The highest BCUT2D eigenvalue weighted by atomic mass is 32.2. The van der Waals surface area contributed by atoms with Crippen LogP contribution in [0.15, 0.2) is 63.0 Å². The van der Waals surface area contributed by atoms with Crippen LogP contribution in [0.1, 0.15) is 56.6 Å². The second kappa shape index (κ2) is 10.8. The molecule has 2 N–H and O–H groups in total. The lowest BCUT2D eigenvalue weighted by atomic mass is 9.96. The fraction of sp³-hybridized carbons (Fsp3) is 0.423. The molecule has 0 spiro atoms. The molecule has 2 aromatic carbocycles. The van der Waals surface area contributed by atoms with E-state index in [1.807, 2.05) is 0 Å². The lowest BCUT2D eigenvalue weighted by Gasteiger charge is -2.25. The molecule has 9 nitrogen and oxygen atoms in total. The maximum atomic E-state index is 13.4. The predicted octanol–water partition coefficient (Wildman–Crippen LogP) is 2.49. The molecule has 0 bridgehead atoms. The van der Waals surface area contributed by atoms with Gasteiger partial charge in [-0.2, -0.15) is 4.72 Å². The van der Waals surface area contributed by atoms with Crippen molar-refractivity contribution in [2.24, 2.45) is 14.1 Å². The number of aromatic nitrogens is 2. The van der Waals surface area contributed by atoms with E-state index < -0.39 is 33.2 Å². The van der Waals surface area contributed by atoms with Crippen molar-refractivity contribution in [3.63, 3.8) is 0 Å². The number of hydrogen-bond acceptors (Lipinski definition) is 5. The van der Waals surface area contributed by atoms with Crippen molar-refractivity contribution in [1.82, 2.24) is 19.2 Å². The highest BCUT2D eigenvalue weighted by Crippen LogP contribution is 2.22. The number of hydrogen-bond donors (Lipinski definition) is 2. The number of nitrogens with one attached hydrogen (secondary N) is 2. The molecule has 36 heavy (non-hydrogen) atoms. The Morgan fingerprint density at radius 2 is 1.56 bits per heavy atom. The van der Waals surface area contributed by atoms with Gasteiger partial charge in [0.05, 0.1) is 15.8 Å². The third-order valence-corrected chi connectivity index (χ3v) is 8.29. The number of carbonyl (C=O) groups excluding carboxylic acids is 1. The maximum Gasteiger partial charge on any atom is 0.330 e. The van der Waals surface area contributed by atoms with Gasteiger partial charge in [-0.15, -0.1) is 0 Å². The SMILES string of the molecule is Cn1c(=O)c2cc(S(=O)(=O)N[C@@H](C(=O)NC3CCCCCCC3)c3ccccc3)ccc2n(C)c1=O. The molecule has 1 aliphatic carbocycles. The summed E-state index contributed by atoms with van der Waals surface area (Å²) in [7, 11) is -1.34. The van der Waals surface area contributed by atoms with Crippen LogP contribution in [0.4, 0.5) is 0 Å². The zero-order chi connectivity index (χ0) is 25.9. The van der Waals surface area contributed by atoms with Gasteiger partial charge in [-0.1, -0.05) is 62.4 Å². The van der Waals surface area contributed by atoms with E-state index in [1.54, 1.807) is 30.3 Å². The summed E-state index contributed by atoms with van der Waals surface area (Å²) in [4.78, 5) is 38.1. The second-order valence-corrected chi connectivity index (χ2v) is 11.1. The summed E-state index contributed by atoms with van der Waals surface area (Å²) < 4.78 is 31.6. The van der Waals surface area contributed by atoms with E-state index in [2.05, 4.69) is 10.0 Å². The Kier molecular flexibility index (Phi) is 7.75. The van der Waals surface area contributed by atoms with Gasteiger partial charge in [0.1, 0.15) is 6.04 Å². The minimum absolute atomic E-state index is 0.00139. The van der Waals surface area contributed by atoms with Gasteiger partial charge in [-0.25, -0.2) is 13.2 Å². The summed E-state index contributed by atoms with van der Waals surface area (Å²) in [5.41, 5.74) is -0.254. The molecule has 3 aromatic rings. The summed E-state index contributed by atoms with van der Waals surface area (Å²) in [5, 5.41) is 3.16. The minimum atomic E-state index is -4.20. The van der Waals surface area contributed by atoms with Crippen molar-refractivity contribution in [1.29, 1.82) is 0 Å². The van der Waals surface area contributed by atoms with Crippen LogP contribution in [0, 0.1) is 0 Å². The summed E-state index contributed by atoms with van der Waals surface area (Å²) in [6.07, 6.45) is 7.26. The van der Waals surface area contributed by atoms with Crippen molar-refractivity contribution < 1.29 is 13.2 Å². The number of nitrogens with zero attached hydrogens (tertiary/aromatic N) is 2. The van der Waals surface area contributed by atoms with Crippen molar-refractivity contribution >= 4 is 26.8 Å². The molecule has 0 aliphatic heterocycles. The number of benzene rings is 2. The average Bonchev–Trinajstić information content (AvgIpc) is 2.86. The van der Waals surface area contributed by atoms with E-state index in [0.717, 1.165) is 43.1 Å². The van der Waals surface area contributed by atoms with Gasteiger partial charge in [-0.05, 0) is 36.6 Å². The van der Waals surface area contributed by atoms with Crippen LogP contribution >= 0.6 is 0 Å². The Hall–Kier alpha value is -3.24. The molecule has 192 valence electrons. The van der Waals surface area contributed by atoms with Crippen molar-refractivity contribution in [3.05, 3.63) is 74.9 Å². The predicted molar refractivity (Wildman–Crippen MR) is 138 cm³/mol. The van der Waals surface area contributed by atoms with E-state index in [4.69, 9.17) is 0 Å². The summed E-state index contributed by atoms with van der Waals surface area (Å²) in [6, 6.07) is 11.6. The zero-order valence-electron chi connectivity index (χ0n) is 20.6. The van der Waals surface area contributed by atoms with Gasteiger partial charge in [0.2, 0.25) is 15.9 Å². The van der Waals surface area contributed by atoms with Crippen molar-refractivity contribution in [2.75, 3.05) is 0 Å². The van der Waals surface area contributed by atoms with Crippen molar-refractivity contribution in [2.45, 2.75) is 61.9 Å². The summed E-state index contributed by atoms with van der Waals surface area (Å²) in [5.74, 6) is -0.408. The number of amides is 1. The van der Waals surface area contributed by atoms with Gasteiger partial charge < -0.3 is 5.32 Å². The molecule has 0 radical (unpaired) electrons. The molecule has 0 unspecified atom stereocenters. The van der Waals surface area contributed by atoms with Crippen molar-refractivity contribution in [3.8, 4) is 0 Å². The zero-order valence-corrected chi connectivity index (χ0v) is 21.4. The molecule has 1 atom stereocenters. The molecule has 1 fully saturated rings. The smallest absolute Gasteiger partial charge is 0.330 e. The molecule has 4 rings (SSSR count). The first-order valence-electron chi connectivity index (χ1n) is 12.3. The number of rotatable bonds is 6. The Balaban J connectivity index is 1.67. The first kappa shape index (κ1) is 25.8. The lowest BCUT2D eigenvalue weighted by Crippen LogP contribution is -2.44. The van der Waals surface area contributed by atoms with Crippen LogP contribution in [0.2, 0.25) is 0 Å². The molecule has 10 heteroatoms. The van der Waals surface area contributed by atoms with Crippen LogP contribution in [0.5, 0.6) is 0 Å². The van der Waals surface area contributed by atoms with Crippen LogP contribution < -0.4 is 21.3 Å². The van der Waals surface area contributed by atoms with E-state index in [0.29, 0.717) is 11.1 Å². The van der Waals surface area contributed by atoms with Gasteiger partial charge >= 0.3 is 5.69 Å². The fourth-order valence-electron chi connectivity index (χ4n) is 4.77. The minimum Gasteiger partial charge on any atom is -0.352 e. The highest BCUT2D eigenvalue weighted by molar-refractivity contribution is 7.89. The molecule has 1 amide bonds. The third kappa shape index (κ3) is 5.44. The first-order valence-corrected chi connectivity index (χ1v) is 13.7. The number of fused-ring (bicyclic) bond motifs is 1. The molecular weight excluding hydrogens is 480 g/mol. The number of carbonyl (C=O) groups is 1. The Bertz CT molecular complexity index is 1470. The van der Waals surface area contributed by atoms with E-state index >= 15 is 0 Å². The summed E-state index contributed by atoms with van der Waals surface area (Å²) in [6.45, 7) is 0. The molecule has 1 aromatic heterocycles. The maximum absolute atomic E-state index is 13.4. The first-order chi connectivity index (χ1) is 17.2. The average molecular weight is 513 g/mol. The second-order valence-electron chi connectivity index (χ2n) is 9.40. The van der Waals surface area contributed by atoms with Crippen LogP contribution in [0.3, 0.4) is 0 Å². The van der Waals surface area contributed by atoms with Gasteiger partial charge in [0.25, 0.3) is 5.56 Å². The summed E-state index contributed by atoms with van der Waals surface area (Å²) >= 11 is 0. The topological polar surface area (TPSA) is 119 Å². The van der Waals surface area contributed by atoms with E-state index in [9.17, 15) is 22.8 Å². The standard InChI is InChI=1S/C26H32N4O5S/c1-29-22-16-15-20(17-21(22)25(32)30(2)26(29)33)36(34,35)28-23(18-11-7-6-8-12-18)24(31)27-19-13-9-4-3-5-10-14-19/h6-8,11-12,15-17,19,23,28H,3-5,9-10,13-14H2,1-2H3,(H,27,31)/t23-/m1/s1. The molecule has 1 aliphatic rings. The largest absolute Gasteiger partial charge is 0.352 e.